The maximum absolute atomic E-state index is 10.9. The van der Waals surface area contributed by atoms with Gasteiger partial charge in [-0.05, 0) is 0 Å². The summed E-state index contributed by atoms with van der Waals surface area (Å²) in [5.74, 6) is -1.55. The Labute approximate surface area is 74.1 Å². The number of carboxylic acids is 1. The highest BCUT2D eigenvalue weighted by Crippen LogP contribution is 2.15. The smallest absolute Gasteiger partial charge is 0.416 e. The first-order valence-corrected chi connectivity index (χ1v) is 3.70. The van der Waals surface area contributed by atoms with Crippen molar-refractivity contribution in [1.82, 2.24) is 4.90 Å². The minimum atomic E-state index is -1.06. The first kappa shape index (κ1) is 9.50. The van der Waals surface area contributed by atoms with Gasteiger partial charge in [-0.3, -0.25) is 9.59 Å². The van der Waals surface area contributed by atoms with E-state index in [9.17, 15) is 14.4 Å². The predicted octanol–water partition coefficient (Wildman–Crippen LogP) is -0.172. The van der Waals surface area contributed by atoms with E-state index in [2.05, 4.69) is 4.74 Å². The molecule has 1 heterocycles. The monoisotopic (exact) mass is 187 g/mol. The lowest BCUT2D eigenvalue weighted by atomic mass is 10.2. The van der Waals surface area contributed by atoms with Crippen LogP contribution in [0.1, 0.15) is 13.3 Å². The molecule has 1 unspecified atom stereocenters. The van der Waals surface area contributed by atoms with E-state index in [0.717, 1.165) is 4.90 Å². The molecule has 13 heavy (non-hydrogen) atoms. The Bertz CT molecular complexity index is 262. The van der Waals surface area contributed by atoms with Crippen LogP contribution in [-0.2, 0) is 14.3 Å². The summed E-state index contributed by atoms with van der Waals surface area (Å²) in [5.41, 5.74) is 0. The van der Waals surface area contributed by atoms with E-state index in [1.165, 1.54) is 6.92 Å². The van der Waals surface area contributed by atoms with E-state index < -0.39 is 24.0 Å². The first-order valence-electron chi connectivity index (χ1n) is 3.70. The summed E-state index contributed by atoms with van der Waals surface area (Å²) in [6.45, 7) is 1.16. The molecule has 2 amide bonds. The molecule has 1 aliphatic rings. The number of aliphatic carboxylic acids is 1. The van der Waals surface area contributed by atoms with Gasteiger partial charge in [0, 0.05) is 6.92 Å². The van der Waals surface area contributed by atoms with E-state index in [-0.39, 0.29) is 13.0 Å². The number of cyclic esters (lactones) is 1. The molecule has 1 rings (SSSR count). The average Bonchev–Trinajstić information content (AvgIpc) is 2.30. The van der Waals surface area contributed by atoms with Crippen molar-refractivity contribution in [1.29, 1.82) is 0 Å². The second-order valence-electron chi connectivity index (χ2n) is 2.72. The van der Waals surface area contributed by atoms with Gasteiger partial charge >= 0.3 is 12.1 Å². The third-order valence-corrected chi connectivity index (χ3v) is 1.71. The molecule has 6 heteroatoms. The second-order valence-corrected chi connectivity index (χ2v) is 2.72. The quantitative estimate of drug-likeness (QED) is 0.648. The van der Waals surface area contributed by atoms with Crippen molar-refractivity contribution < 1.29 is 24.2 Å². The standard InChI is InChI=1S/C7H9NO5/c1-4(9)8-5(2-6(10)11)3-13-7(8)12/h5H,2-3H2,1H3,(H,10,11). The maximum Gasteiger partial charge on any atom is 0.416 e. The van der Waals surface area contributed by atoms with Gasteiger partial charge in [0.1, 0.15) is 6.61 Å². The molecule has 0 aliphatic carbocycles. The van der Waals surface area contributed by atoms with Gasteiger partial charge in [0.15, 0.2) is 0 Å². The molecular weight excluding hydrogens is 178 g/mol. The maximum atomic E-state index is 10.9. The largest absolute Gasteiger partial charge is 0.481 e. The Kier molecular flexibility index (Phi) is 2.50. The van der Waals surface area contributed by atoms with Gasteiger partial charge in [-0.2, -0.15) is 0 Å². The van der Waals surface area contributed by atoms with E-state index >= 15 is 0 Å². The highest BCUT2D eigenvalue weighted by atomic mass is 16.6. The number of nitrogens with zero attached hydrogens (tertiary/aromatic N) is 1. The topological polar surface area (TPSA) is 83.9 Å². The summed E-state index contributed by atoms with van der Waals surface area (Å²) in [6, 6.07) is -0.664. The van der Waals surface area contributed by atoms with E-state index in [1.807, 2.05) is 0 Å². The lowest BCUT2D eigenvalue weighted by Gasteiger charge is -2.15. The SMILES string of the molecule is CC(=O)N1C(=O)OCC1CC(=O)O. The van der Waals surface area contributed by atoms with Gasteiger partial charge < -0.3 is 9.84 Å². The number of amides is 2. The van der Waals surface area contributed by atoms with Crippen LogP contribution in [0, 0.1) is 0 Å². The molecule has 0 aromatic rings. The summed E-state index contributed by atoms with van der Waals surface area (Å²) in [6.07, 6.45) is -1.04. The number of hydrogen-bond donors (Lipinski definition) is 1. The zero-order valence-electron chi connectivity index (χ0n) is 7.02. The number of carboxylic acid groups (broad SMARTS) is 1. The van der Waals surface area contributed by atoms with Gasteiger partial charge in [-0.25, -0.2) is 9.69 Å². The number of carbonyl (C=O) groups excluding carboxylic acids is 2. The molecule has 1 N–H and O–H groups in total. The van der Waals surface area contributed by atoms with Crippen LogP contribution in [0.2, 0.25) is 0 Å². The third-order valence-electron chi connectivity index (χ3n) is 1.71. The summed E-state index contributed by atoms with van der Waals surface area (Å²) in [4.78, 5) is 32.9. The first-order chi connectivity index (χ1) is 6.02. The van der Waals surface area contributed by atoms with E-state index in [4.69, 9.17) is 5.11 Å². The summed E-state index contributed by atoms with van der Waals surface area (Å²) in [5, 5.41) is 8.45. The summed E-state index contributed by atoms with van der Waals surface area (Å²) < 4.78 is 4.54. The van der Waals surface area contributed by atoms with Crippen molar-refractivity contribution in [3.63, 3.8) is 0 Å². The number of imide groups is 1. The van der Waals surface area contributed by atoms with E-state index in [0.29, 0.717) is 0 Å². The highest BCUT2D eigenvalue weighted by molar-refractivity contribution is 5.92. The molecule has 1 fully saturated rings. The normalized spacial score (nSPS) is 21.5. The van der Waals surface area contributed by atoms with Crippen LogP contribution < -0.4 is 0 Å². The molecule has 1 atom stereocenters. The summed E-state index contributed by atoms with van der Waals surface area (Å²) in [7, 11) is 0. The Morgan fingerprint density at radius 3 is 2.77 bits per heavy atom. The zero-order valence-corrected chi connectivity index (χ0v) is 7.02. The van der Waals surface area contributed by atoms with Crippen LogP contribution in [0.15, 0.2) is 0 Å². The number of rotatable bonds is 2. The van der Waals surface area contributed by atoms with Crippen molar-refractivity contribution in [2.45, 2.75) is 19.4 Å². The Morgan fingerprint density at radius 2 is 2.31 bits per heavy atom. The van der Waals surface area contributed by atoms with Crippen LogP contribution in [0.5, 0.6) is 0 Å². The molecule has 72 valence electrons. The lowest BCUT2D eigenvalue weighted by molar-refractivity contribution is -0.138. The van der Waals surface area contributed by atoms with Crippen molar-refractivity contribution >= 4 is 18.0 Å². The fraction of sp³-hybridized carbons (Fsp3) is 0.571. The predicted molar refractivity (Wildman–Crippen MR) is 39.9 cm³/mol. The second kappa shape index (κ2) is 3.42. The molecule has 0 bridgehead atoms. The van der Waals surface area contributed by atoms with Crippen LogP contribution in [0.25, 0.3) is 0 Å². The molecule has 1 aliphatic heterocycles. The number of hydrogen-bond acceptors (Lipinski definition) is 4. The van der Waals surface area contributed by atoms with Gasteiger partial charge in [-0.1, -0.05) is 0 Å². The molecular formula is C7H9NO5. The van der Waals surface area contributed by atoms with Crippen molar-refractivity contribution in [2.24, 2.45) is 0 Å². The van der Waals surface area contributed by atoms with Gasteiger partial charge in [0.2, 0.25) is 5.91 Å². The van der Waals surface area contributed by atoms with Gasteiger partial charge in [0.25, 0.3) is 0 Å². The number of ether oxygens (including phenoxy) is 1. The number of carbonyl (C=O) groups is 3. The van der Waals surface area contributed by atoms with Crippen LogP contribution >= 0.6 is 0 Å². The van der Waals surface area contributed by atoms with Crippen molar-refractivity contribution in [3.05, 3.63) is 0 Å². The molecule has 0 spiro atoms. The fourth-order valence-corrected chi connectivity index (χ4v) is 1.20. The zero-order chi connectivity index (χ0) is 10.0. The van der Waals surface area contributed by atoms with Crippen LogP contribution in [-0.4, -0.2) is 40.6 Å². The van der Waals surface area contributed by atoms with Crippen LogP contribution in [0.3, 0.4) is 0 Å². The molecule has 0 aromatic carbocycles. The third kappa shape index (κ3) is 1.95. The van der Waals surface area contributed by atoms with E-state index in [1.54, 1.807) is 0 Å². The summed E-state index contributed by atoms with van der Waals surface area (Å²) >= 11 is 0. The Hall–Kier alpha value is -1.59. The minimum Gasteiger partial charge on any atom is -0.481 e. The Morgan fingerprint density at radius 1 is 1.69 bits per heavy atom. The molecule has 1 saturated heterocycles. The lowest BCUT2D eigenvalue weighted by Crippen LogP contribution is -2.38. The fourth-order valence-electron chi connectivity index (χ4n) is 1.20. The van der Waals surface area contributed by atoms with Crippen LogP contribution in [0.4, 0.5) is 4.79 Å². The van der Waals surface area contributed by atoms with Crippen molar-refractivity contribution in [3.8, 4) is 0 Å². The molecule has 0 aromatic heterocycles. The highest BCUT2D eigenvalue weighted by Gasteiger charge is 2.37. The van der Waals surface area contributed by atoms with Crippen molar-refractivity contribution in [2.75, 3.05) is 6.61 Å². The molecule has 0 saturated carbocycles. The molecule has 6 nitrogen and oxygen atoms in total. The Balaban J connectivity index is 2.69. The average molecular weight is 187 g/mol. The molecule has 0 radical (unpaired) electrons. The minimum absolute atomic E-state index is 0.0370. The van der Waals surface area contributed by atoms with Gasteiger partial charge in [-0.15, -0.1) is 0 Å². The van der Waals surface area contributed by atoms with Gasteiger partial charge in [0.05, 0.1) is 12.5 Å².